The zero-order chi connectivity index (χ0) is 13.1. The molecule has 0 spiro atoms. The molecule has 0 saturated carbocycles. The third-order valence-corrected chi connectivity index (χ3v) is 3.56. The predicted octanol–water partition coefficient (Wildman–Crippen LogP) is 3.22. The Bertz CT molecular complexity index is 469. The van der Waals surface area contributed by atoms with E-state index in [0.29, 0.717) is 23.2 Å². The van der Waals surface area contributed by atoms with Gasteiger partial charge in [0.15, 0.2) is 0 Å². The first-order valence-corrected chi connectivity index (χ1v) is 6.61. The van der Waals surface area contributed by atoms with E-state index < -0.39 is 0 Å². The molecule has 1 saturated heterocycles. The summed E-state index contributed by atoms with van der Waals surface area (Å²) >= 11 is 5.94. The Morgan fingerprint density at radius 1 is 1.56 bits per heavy atom. The lowest BCUT2D eigenvalue weighted by atomic mass is 10.1. The molecular weight excluding hydrogens is 248 g/mol. The molecule has 2 unspecified atom stereocenters. The minimum absolute atomic E-state index is 0.190. The van der Waals surface area contributed by atoms with Gasteiger partial charge in [-0.05, 0) is 31.5 Å². The molecule has 0 N–H and O–H groups in total. The van der Waals surface area contributed by atoms with Gasteiger partial charge in [-0.3, -0.25) is 0 Å². The van der Waals surface area contributed by atoms with Crippen molar-refractivity contribution in [1.29, 1.82) is 5.26 Å². The highest BCUT2D eigenvalue weighted by Crippen LogP contribution is 2.28. The number of rotatable bonds is 2. The van der Waals surface area contributed by atoms with Crippen LogP contribution in [-0.4, -0.2) is 25.3 Å². The summed E-state index contributed by atoms with van der Waals surface area (Å²) in [5, 5.41) is 9.83. The molecule has 1 aromatic carbocycles. The smallest absolute Gasteiger partial charge is 0.101 e. The number of morpholine rings is 1. The number of hydrogen-bond acceptors (Lipinski definition) is 3. The molecule has 1 fully saturated rings. The quantitative estimate of drug-likeness (QED) is 0.823. The Morgan fingerprint density at radius 2 is 2.33 bits per heavy atom. The molecule has 1 aliphatic heterocycles. The van der Waals surface area contributed by atoms with Crippen molar-refractivity contribution in [2.45, 2.75) is 32.4 Å². The molecular formula is C14H17ClN2O. The molecule has 2 rings (SSSR count). The third-order valence-electron chi connectivity index (χ3n) is 3.33. The van der Waals surface area contributed by atoms with Crippen LogP contribution in [0.25, 0.3) is 0 Å². The molecule has 0 radical (unpaired) electrons. The van der Waals surface area contributed by atoms with Crippen molar-refractivity contribution < 1.29 is 4.74 Å². The molecule has 3 nitrogen and oxygen atoms in total. The average molecular weight is 265 g/mol. The second-order valence-corrected chi connectivity index (χ2v) is 5.07. The SMILES string of the molecule is CCC1COC(C)CN1c1ccc(Cl)cc1C#N. The van der Waals surface area contributed by atoms with Gasteiger partial charge in [-0.2, -0.15) is 5.26 Å². The highest BCUT2D eigenvalue weighted by molar-refractivity contribution is 6.30. The van der Waals surface area contributed by atoms with E-state index in [0.717, 1.165) is 18.7 Å². The molecule has 0 aromatic heterocycles. The van der Waals surface area contributed by atoms with Crippen molar-refractivity contribution in [3.8, 4) is 6.07 Å². The van der Waals surface area contributed by atoms with Crippen molar-refractivity contribution in [1.82, 2.24) is 0 Å². The average Bonchev–Trinajstić information content (AvgIpc) is 2.38. The van der Waals surface area contributed by atoms with Gasteiger partial charge in [-0.25, -0.2) is 0 Å². The molecule has 1 aliphatic rings. The molecule has 96 valence electrons. The van der Waals surface area contributed by atoms with Gasteiger partial charge in [-0.15, -0.1) is 0 Å². The molecule has 1 aromatic rings. The van der Waals surface area contributed by atoms with Crippen molar-refractivity contribution in [2.24, 2.45) is 0 Å². The summed E-state index contributed by atoms with van der Waals surface area (Å²) in [6.07, 6.45) is 1.19. The van der Waals surface area contributed by atoms with Crippen LogP contribution in [0.5, 0.6) is 0 Å². The molecule has 2 atom stereocenters. The van der Waals surface area contributed by atoms with Gasteiger partial charge >= 0.3 is 0 Å². The first kappa shape index (κ1) is 13.2. The minimum atomic E-state index is 0.190. The second-order valence-electron chi connectivity index (χ2n) is 4.63. The lowest BCUT2D eigenvalue weighted by molar-refractivity contribution is 0.0299. The fraction of sp³-hybridized carbons (Fsp3) is 0.500. The fourth-order valence-corrected chi connectivity index (χ4v) is 2.50. The van der Waals surface area contributed by atoms with Gasteiger partial charge in [0.2, 0.25) is 0 Å². The summed E-state index contributed by atoms with van der Waals surface area (Å²) in [7, 11) is 0. The van der Waals surface area contributed by atoms with E-state index in [1.807, 2.05) is 12.1 Å². The number of anilines is 1. The first-order valence-electron chi connectivity index (χ1n) is 6.23. The lowest BCUT2D eigenvalue weighted by Gasteiger charge is -2.40. The number of benzene rings is 1. The summed E-state index contributed by atoms with van der Waals surface area (Å²) in [6, 6.07) is 8.05. The third kappa shape index (κ3) is 2.60. The van der Waals surface area contributed by atoms with Crippen LogP contribution < -0.4 is 4.90 Å². The van der Waals surface area contributed by atoms with Gasteiger partial charge < -0.3 is 9.64 Å². The Hall–Kier alpha value is -1.24. The van der Waals surface area contributed by atoms with Crippen LogP contribution in [0.2, 0.25) is 5.02 Å². The van der Waals surface area contributed by atoms with Gasteiger partial charge in [-0.1, -0.05) is 18.5 Å². The normalized spacial score (nSPS) is 23.8. The van der Waals surface area contributed by atoms with Crippen LogP contribution in [0.4, 0.5) is 5.69 Å². The van der Waals surface area contributed by atoms with Crippen molar-refractivity contribution in [2.75, 3.05) is 18.1 Å². The molecule has 1 heterocycles. The summed E-state index contributed by atoms with van der Waals surface area (Å²) in [6.45, 7) is 5.72. The highest BCUT2D eigenvalue weighted by atomic mass is 35.5. The van der Waals surface area contributed by atoms with Crippen LogP contribution in [0.3, 0.4) is 0 Å². The monoisotopic (exact) mass is 264 g/mol. The van der Waals surface area contributed by atoms with Crippen LogP contribution in [0, 0.1) is 11.3 Å². The van der Waals surface area contributed by atoms with E-state index in [1.165, 1.54) is 0 Å². The fourth-order valence-electron chi connectivity index (χ4n) is 2.33. The predicted molar refractivity (Wildman–Crippen MR) is 73.0 cm³/mol. The summed E-state index contributed by atoms with van der Waals surface area (Å²) in [5.74, 6) is 0. The summed E-state index contributed by atoms with van der Waals surface area (Å²) < 4.78 is 5.68. The van der Waals surface area contributed by atoms with Crippen LogP contribution in [0.1, 0.15) is 25.8 Å². The van der Waals surface area contributed by atoms with Crippen molar-refractivity contribution >= 4 is 17.3 Å². The van der Waals surface area contributed by atoms with Gasteiger partial charge in [0, 0.05) is 11.6 Å². The van der Waals surface area contributed by atoms with E-state index in [4.69, 9.17) is 16.3 Å². The topological polar surface area (TPSA) is 36.3 Å². The standard InChI is InChI=1S/C14H17ClN2O/c1-3-13-9-18-10(2)8-17(13)14-5-4-12(15)6-11(14)7-16/h4-6,10,13H,3,8-9H2,1-2H3. The Balaban J connectivity index is 2.36. The lowest BCUT2D eigenvalue weighted by Crippen LogP contribution is -2.49. The maximum atomic E-state index is 9.23. The largest absolute Gasteiger partial charge is 0.375 e. The van der Waals surface area contributed by atoms with Crippen LogP contribution >= 0.6 is 11.6 Å². The molecule has 4 heteroatoms. The van der Waals surface area contributed by atoms with Crippen LogP contribution in [-0.2, 0) is 4.74 Å². The maximum Gasteiger partial charge on any atom is 0.101 e. The van der Waals surface area contributed by atoms with Crippen molar-refractivity contribution in [3.05, 3.63) is 28.8 Å². The van der Waals surface area contributed by atoms with E-state index in [2.05, 4.69) is 24.8 Å². The molecule has 0 amide bonds. The highest BCUT2D eigenvalue weighted by Gasteiger charge is 2.27. The summed E-state index contributed by atoms with van der Waals surface area (Å²) in [4.78, 5) is 2.27. The Morgan fingerprint density at radius 3 is 3.00 bits per heavy atom. The molecule has 0 aliphatic carbocycles. The molecule has 0 bridgehead atoms. The zero-order valence-corrected chi connectivity index (χ0v) is 11.4. The number of nitriles is 1. The zero-order valence-electron chi connectivity index (χ0n) is 10.7. The number of ether oxygens (including phenoxy) is 1. The van der Waals surface area contributed by atoms with E-state index in [-0.39, 0.29) is 6.10 Å². The Kier molecular flexibility index (Phi) is 4.11. The Labute approximate surface area is 113 Å². The number of nitrogens with zero attached hydrogens (tertiary/aromatic N) is 2. The van der Waals surface area contributed by atoms with E-state index >= 15 is 0 Å². The maximum absolute atomic E-state index is 9.23. The summed E-state index contributed by atoms with van der Waals surface area (Å²) in [5.41, 5.74) is 1.60. The van der Waals surface area contributed by atoms with Gasteiger partial charge in [0.05, 0.1) is 30.0 Å². The molecule has 18 heavy (non-hydrogen) atoms. The van der Waals surface area contributed by atoms with Gasteiger partial charge in [0.1, 0.15) is 6.07 Å². The first-order chi connectivity index (χ1) is 8.65. The van der Waals surface area contributed by atoms with E-state index in [1.54, 1.807) is 6.07 Å². The van der Waals surface area contributed by atoms with Crippen LogP contribution in [0.15, 0.2) is 18.2 Å². The van der Waals surface area contributed by atoms with E-state index in [9.17, 15) is 5.26 Å². The van der Waals surface area contributed by atoms with Gasteiger partial charge in [0.25, 0.3) is 0 Å². The van der Waals surface area contributed by atoms with Crippen molar-refractivity contribution in [3.63, 3.8) is 0 Å². The number of hydrogen-bond donors (Lipinski definition) is 0. The minimum Gasteiger partial charge on any atom is -0.375 e. The number of halogens is 1. The second kappa shape index (κ2) is 5.60.